The number of ether oxygens (including phenoxy) is 1. The molecule has 0 atom stereocenters. The Bertz CT molecular complexity index is 1190. The first kappa shape index (κ1) is 20.4. The van der Waals surface area contributed by atoms with Gasteiger partial charge in [-0.05, 0) is 34.4 Å². The SMILES string of the molecule is COc1ccc(C2(c3ccccc3)C=C(c3ccccc3)SC(c3ccccc3)=C2)cc1. The molecule has 0 spiro atoms. The Labute approximate surface area is 194 Å². The largest absolute Gasteiger partial charge is 0.497 e. The molecule has 0 unspecified atom stereocenters. The average Bonchev–Trinajstić information content (AvgIpc) is 2.90. The molecule has 0 saturated heterocycles. The van der Waals surface area contributed by atoms with Crippen molar-refractivity contribution in [2.24, 2.45) is 0 Å². The lowest BCUT2D eigenvalue weighted by molar-refractivity contribution is 0.414. The highest BCUT2D eigenvalue weighted by Gasteiger charge is 2.35. The molecular formula is C30H24OS. The predicted molar refractivity (Wildman–Crippen MR) is 137 cm³/mol. The van der Waals surface area contributed by atoms with Crippen LogP contribution in [-0.4, -0.2) is 7.11 Å². The lowest BCUT2D eigenvalue weighted by atomic mass is 9.73. The van der Waals surface area contributed by atoms with Gasteiger partial charge in [0, 0.05) is 9.81 Å². The lowest BCUT2D eigenvalue weighted by Crippen LogP contribution is -2.25. The quantitative estimate of drug-likeness (QED) is 0.318. The number of hydrogen-bond acceptors (Lipinski definition) is 2. The molecule has 1 heterocycles. The van der Waals surface area contributed by atoms with Crippen LogP contribution in [0, 0.1) is 0 Å². The van der Waals surface area contributed by atoms with Gasteiger partial charge in [0.1, 0.15) is 5.75 Å². The van der Waals surface area contributed by atoms with E-state index in [1.54, 1.807) is 7.11 Å². The van der Waals surface area contributed by atoms with E-state index in [1.807, 2.05) is 23.9 Å². The lowest BCUT2D eigenvalue weighted by Gasteiger charge is -2.35. The van der Waals surface area contributed by atoms with Gasteiger partial charge in [0.25, 0.3) is 0 Å². The predicted octanol–water partition coefficient (Wildman–Crippen LogP) is 7.81. The van der Waals surface area contributed by atoms with Crippen LogP contribution >= 0.6 is 11.8 Å². The van der Waals surface area contributed by atoms with Crippen molar-refractivity contribution >= 4 is 21.6 Å². The highest BCUT2D eigenvalue weighted by molar-refractivity contribution is 8.16. The maximum atomic E-state index is 5.44. The van der Waals surface area contributed by atoms with Crippen LogP contribution in [0.3, 0.4) is 0 Å². The van der Waals surface area contributed by atoms with E-state index >= 15 is 0 Å². The highest BCUT2D eigenvalue weighted by atomic mass is 32.2. The van der Waals surface area contributed by atoms with E-state index in [9.17, 15) is 0 Å². The molecule has 1 aliphatic rings. The molecule has 1 aliphatic heterocycles. The van der Waals surface area contributed by atoms with E-state index in [0.717, 1.165) is 5.75 Å². The second-order valence-corrected chi connectivity index (χ2v) is 8.90. The van der Waals surface area contributed by atoms with Gasteiger partial charge < -0.3 is 4.74 Å². The van der Waals surface area contributed by atoms with E-state index in [4.69, 9.17) is 4.74 Å². The van der Waals surface area contributed by atoms with E-state index < -0.39 is 5.41 Å². The number of thioether (sulfide) groups is 1. The summed E-state index contributed by atoms with van der Waals surface area (Å²) in [6.45, 7) is 0. The number of rotatable bonds is 5. The van der Waals surface area contributed by atoms with E-state index in [-0.39, 0.29) is 0 Å². The van der Waals surface area contributed by atoms with Crippen LogP contribution in [0.2, 0.25) is 0 Å². The van der Waals surface area contributed by atoms with Gasteiger partial charge in [0.15, 0.2) is 0 Å². The first-order valence-electron chi connectivity index (χ1n) is 10.7. The molecule has 0 bridgehead atoms. The van der Waals surface area contributed by atoms with Crippen molar-refractivity contribution in [3.63, 3.8) is 0 Å². The Morgan fingerprint density at radius 2 is 0.969 bits per heavy atom. The molecular weight excluding hydrogens is 408 g/mol. The summed E-state index contributed by atoms with van der Waals surface area (Å²) in [6.07, 6.45) is 4.83. The van der Waals surface area contributed by atoms with Gasteiger partial charge in [-0.2, -0.15) is 0 Å². The van der Waals surface area contributed by atoms with Gasteiger partial charge >= 0.3 is 0 Å². The Balaban J connectivity index is 1.78. The van der Waals surface area contributed by atoms with Crippen LogP contribution in [0.1, 0.15) is 22.3 Å². The third-order valence-corrected chi connectivity index (χ3v) is 7.02. The van der Waals surface area contributed by atoms with E-state index in [1.165, 1.54) is 32.1 Å². The highest BCUT2D eigenvalue weighted by Crippen LogP contribution is 2.51. The van der Waals surface area contributed by atoms with Crippen molar-refractivity contribution in [3.8, 4) is 5.75 Å². The summed E-state index contributed by atoms with van der Waals surface area (Å²) in [5, 5.41) is 0. The van der Waals surface area contributed by atoms with Crippen molar-refractivity contribution in [3.05, 3.63) is 150 Å². The summed E-state index contributed by atoms with van der Waals surface area (Å²) in [5.41, 5.74) is 4.52. The van der Waals surface area contributed by atoms with Crippen molar-refractivity contribution in [2.75, 3.05) is 7.11 Å². The second-order valence-electron chi connectivity index (χ2n) is 7.81. The van der Waals surface area contributed by atoms with Gasteiger partial charge in [-0.3, -0.25) is 0 Å². The standard InChI is InChI=1S/C30H24OS/c1-31-27-19-17-26(18-20-27)30(25-15-9-4-10-16-25)21-28(23-11-5-2-6-12-23)32-29(22-30)24-13-7-3-8-14-24/h2-22H,1H3. The molecule has 0 radical (unpaired) electrons. The van der Waals surface area contributed by atoms with Crippen LogP contribution in [0.5, 0.6) is 5.75 Å². The van der Waals surface area contributed by atoms with Gasteiger partial charge in [0.2, 0.25) is 0 Å². The number of allylic oxidation sites excluding steroid dienone is 2. The number of benzene rings is 4. The third kappa shape index (κ3) is 3.90. The van der Waals surface area contributed by atoms with Gasteiger partial charge in [-0.25, -0.2) is 0 Å². The molecule has 0 saturated carbocycles. The molecule has 0 fully saturated rings. The molecule has 4 aromatic rings. The molecule has 0 aliphatic carbocycles. The summed E-state index contributed by atoms with van der Waals surface area (Å²) < 4.78 is 5.44. The molecule has 0 aromatic heterocycles. The Kier molecular flexibility index (Phi) is 5.70. The van der Waals surface area contributed by atoms with Crippen LogP contribution in [0.4, 0.5) is 0 Å². The maximum Gasteiger partial charge on any atom is 0.118 e. The normalized spacial score (nSPS) is 14.9. The van der Waals surface area contributed by atoms with Crippen molar-refractivity contribution < 1.29 is 4.74 Å². The van der Waals surface area contributed by atoms with E-state index in [0.29, 0.717) is 0 Å². The molecule has 0 amide bonds. The molecule has 0 N–H and O–H groups in total. The molecule has 4 aromatic carbocycles. The molecule has 32 heavy (non-hydrogen) atoms. The molecule has 2 heteroatoms. The smallest absolute Gasteiger partial charge is 0.118 e. The first-order chi connectivity index (χ1) is 15.8. The van der Waals surface area contributed by atoms with Crippen LogP contribution in [0.25, 0.3) is 9.81 Å². The number of hydrogen-bond donors (Lipinski definition) is 0. The monoisotopic (exact) mass is 432 g/mol. The summed E-state index contributed by atoms with van der Waals surface area (Å²) in [4.78, 5) is 2.51. The maximum absolute atomic E-state index is 5.44. The summed E-state index contributed by atoms with van der Waals surface area (Å²) in [7, 11) is 1.71. The zero-order valence-corrected chi connectivity index (χ0v) is 18.8. The fourth-order valence-electron chi connectivity index (χ4n) is 4.20. The molecule has 5 rings (SSSR count). The fourth-order valence-corrected chi connectivity index (χ4v) is 5.44. The second kappa shape index (κ2) is 8.94. The number of methoxy groups -OCH3 is 1. The van der Waals surface area contributed by atoms with Crippen molar-refractivity contribution in [1.29, 1.82) is 0 Å². The Hall–Kier alpha value is -3.49. The van der Waals surface area contributed by atoms with Crippen LogP contribution in [-0.2, 0) is 5.41 Å². The van der Waals surface area contributed by atoms with Crippen LogP contribution in [0.15, 0.2) is 127 Å². The minimum atomic E-state index is -0.394. The van der Waals surface area contributed by atoms with Crippen molar-refractivity contribution in [2.45, 2.75) is 5.41 Å². The average molecular weight is 433 g/mol. The minimum absolute atomic E-state index is 0.394. The van der Waals surface area contributed by atoms with Crippen molar-refractivity contribution in [1.82, 2.24) is 0 Å². The zero-order chi connectivity index (χ0) is 21.8. The summed E-state index contributed by atoms with van der Waals surface area (Å²) in [6, 6.07) is 40.5. The van der Waals surface area contributed by atoms with Gasteiger partial charge in [0.05, 0.1) is 12.5 Å². The first-order valence-corrected chi connectivity index (χ1v) is 11.5. The van der Waals surface area contributed by atoms with Gasteiger partial charge in [-0.15, -0.1) is 0 Å². The Morgan fingerprint density at radius 1 is 0.531 bits per heavy atom. The third-order valence-electron chi connectivity index (χ3n) is 5.87. The fraction of sp³-hybridized carbons (Fsp3) is 0.0667. The minimum Gasteiger partial charge on any atom is -0.497 e. The summed E-state index contributed by atoms with van der Waals surface area (Å²) in [5.74, 6) is 0.863. The zero-order valence-electron chi connectivity index (χ0n) is 17.9. The van der Waals surface area contributed by atoms with E-state index in [2.05, 4.69) is 115 Å². The summed E-state index contributed by atoms with van der Waals surface area (Å²) >= 11 is 1.83. The topological polar surface area (TPSA) is 9.23 Å². The Morgan fingerprint density at radius 3 is 1.44 bits per heavy atom. The van der Waals surface area contributed by atoms with Gasteiger partial charge in [-0.1, -0.05) is 127 Å². The molecule has 156 valence electrons. The molecule has 1 nitrogen and oxygen atoms in total. The van der Waals surface area contributed by atoms with Crippen LogP contribution < -0.4 is 4.74 Å².